The molecule has 1 aliphatic heterocycles. The first-order valence-electron chi connectivity index (χ1n) is 10.9. The van der Waals surface area contributed by atoms with E-state index in [-0.39, 0.29) is 18.2 Å². The second-order valence-electron chi connectivity index (χ2n) is 8.42. The molecule has 0 bridgehead atoms. The van der Waals surface area contributed by atoms with E-state index >= 15 is 0 Å². The highest BCUT2D eigenvalue weighted by molar-refractivity contribution is 5.89. The van der Waals surface area contributed by atoms with Crippen LogP contribution in [0.15, 0.2) is 42.5 Å². The average Bonchev–Trinajstić information content (AvgIpc) is 2.76. The number of piperazine rings is 1. The first-order chi connectivity index (χ1) is 14.1. The minimum absolute atomic E-state index is 0.0260. The number of rotatable bonds is 5. The molecule has 5 heteroatoms. The lowest BCUT2D eigenvalue weighted by Crippen LogP contribution is -2.56. The number of nitrogens with one attached hydrogen (secondary N) is 1. The van der Waals surface area contributed by atoms with E-state index in [1.165, 1.54) is 35.6 Å². The van der Waals surface area contributed by atoms with Gasteiger partial charge in [0.15, 0.2) is 0 Å². The Bertz CT molecular complexity index is 870. The predicted octanol–water partition coefficient (Wildman–Crippen LogP) is 3.32. The van der Waals surface area contributed by atoms with Crippen LogP contribution in [0.5, 0.6) is 0 Å². The summed E-state index contributed by atoms with van der Waals surface area (Å²) in [4.78, 5) is 29.7. The van der Waals surface area contributed by atoms with Gasteiger partial charge >= 0.3 is 0 Å². The van der Waals surface area contributed by atoms with Crippen molar-refractivity contribution in [1.82, 2.24) is 15.1 Å². The van der Waals surface area contributed by atoms with Gasteiger partial charge in [-0.3, -0.25) is 14.5 Å². The third-order valence-electron chi connectivity index (χ3n) is 6.58. The fraction of sp³-hybridized carbons (Fsp3) is 0.500. The lowest BCUT2D eigenvalue weighted by atomic mass is 9.94. The summed E-state index contributed by atoms with van der Waals surface area (Å²) in [5.74, 6) is 0.0590. The number of nitrogens with zero attached hydrogens (tertiary/aromatic N) is 2. The van der Waals surface area contributed by atoms with E-state index in [0.29, 0.717) is 19.1 Å². The van der Waals surface area contributed by atoms with Crippen molar-refractivity contribution in [2.75, 3.05) is 20.1 Å². The molecule has 0 radical (unpaired) electrons. The third kappa shape index (κ3) is 4.45. The van der Waals surface area contributed by atoms with E-state index in [0.717, 1.165) is 19.4 Å². The Labute approximate surface area is 173 Å². The first kappa shape index (κ1) is 19.9. The topological polar surface area (TPSA) is 52.7 Å². The molecule has 1 atom stereocenters. The van der Waals surface area contributed by atoms with Gasteiger partial charge in [-0.15, -0.1) is 0 Å². The number of amides is 2. The van der Waals surface area contributed by atoms with E-state index in [2.05, 4.69) is 46.6 Å². The maximum atomic E-state index is 13.0. The molecule has 29 heavy (non-hydrogen) atoms. The Kier molecular flexibility index (Phi) is 6.14. The van der Waals surface area contributed by atoms with Gasteiger partial charge in [-0.2, -0.15) is 0 Å². The molecule has 1 unspecified atom stereocenters. The Morgan fingerprint density at radius 3 is 2.69 bits per heavy atom. The SMILES string of the molecule is CN(C(=O)CC1C(=O)NCCN1Cc1cccc2ccccc12)C1CCCCC1. The quantitative estimate of drug-likeness (QED) is 0.848. The molecule has 2 aliphatic rings. The van der Waals surface area contributed by atoms with Crippen molar-refractivity contribution in [3.8, 4) is 0 Å². The Balaban J connectivity index is 1.49. The van der Waals surface area contributed by atoms with Crippen LogP contribution in [0.25, 0.3) is 10.8 Å². The fourth-order valence-corrected chi connectivity index (χ4v) is 4.80. The van der Waals surface area contributed by atoms with Gasteiger partial charge in [0, 0.05) is 32.7 Å². The van der Waals surface area contributed by atoms with Crippen LogP contribution in [0, 0.1) is 0 Å². The molecular formula is C24H31N3O2. The first-order valence-corrected chi connectivity index (χ1v) is 10.9. The molecule has 1 saturated heterocycles. The molecule has 1 N–H and O–H groups in total. The molecule has 0 aromatic heterocycles. The molecular weight excluding hydrogens is 362 g/mol. The van der Waals surface area contributed by atoms with E-state index in [4.69, 9.17) is 0 Å². The van der Waals surface area contributed by atoms with Crippen LogP contribution in [0.4, 0.5) is 0 Å². The summed E-state index contributed by atoms with van der Waals surface area (Å²) in [7, 11) is 1.91. The van der Waals surface area contributed by atoms with Crippen LogP contribution in [0.3, 0.4) is 0 Å². The van der Waals surface area contributed by atoms with Gasteiger partial charge in [0.25, 0.3) is 0 Å². The van der Waals surface area contributed by atoms with Crippen molar-refractivity contribution in [1.29, 1.82) is 0 Å². The zero-order valence-electron chi connectivity index (χ0n) is 17.3. The largest absolute Gasteiger partial charge is 0.353 e. The number of carbonyl (C=O) groups excluding carboxylic acids is 2. The van der Waals surface area contributed by atoms with Crippen LogP contribution in [-0.2, 0) is 16.1 Å². The number of hydrogen-bond donors (Lipinski definition) is 1. The van der Waals surface area contributed by atoms with Gasteiger partial charge in [0.2, 0.25) is 11.8 Å². The highest BCUT2D eigenvalue weighted by Gasteiger charge is 2.34. The number of fused-ring (bicyclic) bond motifs is 1. The van der Waals surface area contributed by atoms with Gasteiger partial charge < -0.3 is 10.2 Å². The number of benzene rings is 2. The highest BCUT2D eigenvalue weighted by atomic mass is 16.2. The molecule has 4 rings (SSSR count). The Morgan fingerprint density at radius 2 is 1.86 bits per heavy atom. The van der Waals surface area contributed by atoms with Gasteiger partial charge in [0.05, 0.1) is 12.5 Å². The van der Waals surface area contributed by atoms with Crippen molar-refractivity contribution >= 4 is 22.6 Å². The van der Waals surface area contributed by atoms with Crippen LogP contribution in [0.2, 0.25) is 0 Å². The zero-order chi connectivity index (χ0) is 20.2. The van der Waals surface area contributed by atoms with Crippen LogP contribution in [0.1, 0.15) is 44.1 Å². The summed E-state index contributed by atoms with van der Waals surface area (Å²) in [5.41, 5.74) is 1.20. The molecule has 2 fully saturated rings. The summed E-state index contributed by atoms with van der Waals surface area (Å²) < 4.78 is 0. The van der Waals surface area contributed by atoms with Crippen LogP contribution < -0.4 is 5.32 Å². The number of carbonyl (C=O) groups is 2. The van der Waals surface area contributed by atoms with Gasteiger partial charge in [-0.1, -0.05) is 61.7 Å². The summed E-state index contributed by atoms with van der Waals surface area (Å²) >= 11 is 0. The molecule has 0 spiro atoms. The van der Waals surface area contributed by atoms with Crippen molar-refractivity contribution in [2.24, 2.45) is 0 Å². The van der Waals surface area contributed by atoms with E-state index in [1.54, 1.807) is 0 Å². The van der Waals surface area contributed by atoms with Crippen molar-refractivity contribution in [3.05, 3.63) is 48.0 Å². The summed E-state index contributed by atoms with van der Waals surface area (Å²) in [6.45, 7) is 2.08. The van der Waals surface area contributed by atoms with E-state index < -0.39 is 6.04 Å². The second kappa shape index (κ2) is 8.95. The van der Waals surface area contributed by atoms with Crippen molar-refractivity contribution in [2.45, 2.75) is 57.2 Å². The second-order valence-corrected chi connectivity index (χ2v) is 8.42. The standard InChI is InChI=1S/C24H31N3O2/c1-26(20-11-3-2-4-12-20)23(28)16-22-24(29)25-14-15-27(22)17-19-10-7-9-18-8-5-6-13-21(18)19/h5-10,13,20,22H,2-4,11-12,14-17H2,1H3,(H,25,29). The average molecular weight is 394 g/mol. The molecule has 2 aromatic rings. The van der Waals surface area contributed by atoms with Crippen molar-refractivity contribution < 1.29 is 9.59 Å². The number of hydrogen-bond acceptors (Lipinski definition) is 3. The molecule has 1 saturated carbocycles. The molecule has 154 valence electrons. The third-order valence-corrected chi connectivity index (χ3v) is 6.58. The zero-order valence-corrected chi connectivity index (χ0v) is 17.3. The maximum absolute atomic E-state index is 13.0. The predicted molar refractivity (Wildman–Crippen MR) is 115 cm³/mol. The van der Waals surface area contributed by atoms with Crippen molar-refractivity contribution in [3.63, 3.8) is 0 Å². The lowest BCUT2D eigenvalue weighted by molar-refractivity contribution is -0.140. The monoisotopic (exact) mass is 393 g/mol. The smallest absolute Gasteiger partial charge is 0.237 e. The van der Waals surface area contributed by atoms with E-state index in [1.807, 2.05) is 18.0 Å². The van der Waals surface area contributed by atoms with Crippen LogP contribution in [-0.4, -0.2) is 53.8 Å². The Morgan fingerprint density at radius 1 is 1.10 bits per heavy atom. The maximum Gasteiger partial charge on any atom is 0.237 e. The molecule has 2 aromatic carbocycles. The molecule has 5 nitrogen and oxygen atoms in total. The van der Waals surface area contributed by atoms with E-state index in [9.17, 15) is 9.59 Å². The molecule has 1 heterocycles. The normalized spacial score (nSPS) is 21.1. The van der Waals surface area contributed by atoms with Gasteiger partial charge in [0.1, 0.15) is 0 Å². The summed E-state index contributed by atoms with van der Waals surface area (Å²) in [6.07, 6.45) is 6.07. The summed E-state index contributed by atoms with van der Waals surface area (Å²) in [5, 5.41) is 5.38. The summed E-state index contributed by atoms with van der Waals surface area (Å²) in [6, 6.07) is 14.6. The Hall–Kier alpha value is -2.40. The lowest BCUT2D eigenvalue weighted by Gasteiger charge is -2.37. The highest BCUT2D eigenvalue weighted by Crippen LogP contribution is 2.25. The fourth-order valence-electron chi connectivity index (χ4n) is 4.80. The molecule has 1 aliphatic carbocycles. The van der Waals surface area contributed by atoms with Crippen LogP contribution >= 0.6 is 0 Å². The minimum atomic E-state index is -0.402. The molecule has 2 amide bonds. The van der Waals surface area contributed by atoms with Gasteiger partial charge in [-0.05, 0) is 29.2 Å². The minimum Gasteiger partial charge on any atom is -0.353 e. The van der Waals surface area contributed by atoms with Gasteiger partial charge in [-0.25, -0.2) is 0 Å².